The Morgan fingerprint density at radius 1 is 0.585 bits per heavy atom. The molecule has 4 nitrogen and oxygen atoms in total. The topological polar surface area (TPSA) is 50.9 Å². The number of phenolic OH excluding ortho intramolecular Hbond substituents is 1. The summed E-state index contributed by atoms with van der Waals surface area (Å²) in [5, 5.41) is 12.1. The van der Waals surface area contributed by atoms with Crippen LogP contribution in [0.4, 0.5) is 0 Å². The molecule has 0 saturated carbocycles. The fourth-order valence-corrected chi connectivity index (χ4v) is 6.99. The standard InChI is InChI=1S/C49H51N3O/c1-31-16-14-17-32(24-31)33-22-23-50-42(28-33)35-25-34(26-36(27-35)47(2,3)4)39-20-15-21-43-44(39)51-46(52(43)38-18-12-11-13-19-38)40-29-37(48(5,6)7)30-41(45(40)53)49(8,9)10/h11-30,53H,1-10H3/i1D3. The molecule has 2 heterocycles. The van der Waals surface area contributed by atoms with Crippen LogP contribution in [0.3, 0.4) is 0 Å². The van der Waals surface area contributed by atoms with Crippen LogP contribution in [-0.2, 0) is 16.2 Å². The van der Waals surface area contributed by atoms with Crippen molar-refractivity contribution in [2.75, 3.05) is 0 Å². The Bertz CT molecular complexity index is 2580. The normalized spacial score (nSPS) is 13.5. The number of rotatable bonds is 5. The van der Waals surface area contributed by atoms with E-state index >= 15 is 0 Å². The highest BCUT2D eigenvalue weighted by Gasteiger charge is 2.29. The van der Waals surface area contributed by atoms with Gasteiger partial charge in [0.2, 0.25) is 0 Å². The Morgan fingerprint density at radius 2 is 1.26 bits per heavy atom. The van der Waals surface area contributed by atoms with E-state index in [4.69, 9.17) is 14.1 Å². The Kier molecular flexibility index (Phi) is 8.01. The monoisotopic (exact) mass is 700 g/mol. The zero-order valence-corrected chi connectivity index (χ0v) is 32.3. The molecular formula is C49H51N3O. The van der Waals surface area contributed by atoms with Gasteiger partial charge in [-0.05, 0) is 99.4 Å². The number of aromatic hydroxyl groups is 1. The Morgan fingerprint density at radius 3 is 1.96 bits per heavy atom. The van der Waals surface area contributed by atoms with Crippen LogP contribution in [0.2, 0.25) is 0 Å². The number of fused-ring (bicyclic) bond motifs is 1. The van der Waals surface area contributed by atoms with Gasteiger partial charge in [-0.15, -0.1) is 0 Å². The molecule has 1 N–H and O–H groups in total. The molecule has 0 amide bonds. The van der Waals surface area contributed by atoms with Crippen LogP contribution in [-0.4, -0.2) is 19.6 Å². The van der Waals surface area contributed by atoms with Crippen molar-refractivity contribution in [3.05, 3.63) is 144 Å². The molecule has 4 heteroatoms. The van der Waals surface area contributed by atoms with Crippen molar-refractivity contribution in [1.82, 2.24) is 14.5 Å². The summed E-state index contributed by atoms with van der Waals surface area (Å²) < 4.78 is 26.0. The lowest BCUT2D eigenvalue weighted by Crippen LogP contribution is -2.17. The number of hydrogen-bond acceptors (Lipinski definition) is 3. The van der Waals surface area contributed by atoms with Gasteiger partial charge in [-0.25, -0.2) is 4.98 Å². The van der Waals surface area contributed by atoms with E-state index in [-0.39, 0.29) is 22.0 Å². The molecule has 0 bridgehead atoms. The number of pyridine rings is 1. The minimum absolute atomic E-state index is 0.162. The SMILES string of the molecule is [2H]C([2H])([2H])c1cccc(-c2ccnc(-c3cc(-c4cccc5c4nc(-c4cc(C(C)(C)C)cc(C(C)(C)C)c4O)n5-c4ccccc4)cc(C(C)(C)C)c3)c2)c1. The molecule has 5 aromatic carbocycles. The lowest BCUT2D eigenvalue weighted by atomic mass is 9.79. The van der Waals surface area contributed by atoms with Crippen LogP contribution in [0.15, 0.2) is 121 Å². The molecule has 0 aliphatic rings. The number of hydrogen-bond donors (Lipinski definition) is 1. The first-order valence-electron chi connectivity index (χ1n) is 19.9. The van der Waals surface area contributed by atoms with Crippen molar-refractivity contribution in [1.29, 1.82) is 0 Å². The van der Waals surface area contributed by atoms with Gasteiger partial charge >= 0.3 is 0 Å². The third-order valence-corrected chi connectivity index (χ3v) is 10.1. The summed E-state index contributed by atoms with van der Waals surface area (Å²) in [4.78, 5) is 10.3. The molecule has 0 aliphatic carbocycles. The molecule has 7 rings (SSSR count). The lowest BCUT2D eigenvalue weighted by Gasteiger charge is -2.27. The summed E-state index contributed by atoms with van der Waals surface area (Å²) in [5.41, 5.74) is 11.6. The average Bonchev–Trinajstić information content (AvgIpc) is 3.53. The second-order valence-corrected chi connectivity index (χ2v) is 17.3. The minimum Gasteiger partial charge on any atom is -0.507 e. The summed E-state index contributed by atoms with van der Waals surface area (Å²) in [7, 11) is 0. The van der Waals surface area contributed by atoms with Crippen LogP contribution in [0.5, 0.6) is 5.75 Å². The molecule has 2 aromatic heterocycles. The zero-order valence-electron chi connectivity index (χ0n) is 35.3. The van der Waals surface area contributed by atoms with Crippen LogP contribution < -0.4 is 0 Å². The van der Waals surface area contributed by atoms with Crippen LogP contribution in [0, 0.1) is 6.85 Å². The molecule has 268 valence electrons. The molecule has 0 atom stereocenters. The molecule has 0 saturated heterocycles. The predicted molar refractivity (Wildman–Crippen MR) is 223 cm³/mol. The van der Waals surface area contributed by atoms with Gasteiger partial charge < -0.3 is 5.11 Å². The van der Waals surface area contributed by atoms with Crippen LogP contribution >= 0.6 is 0 Å². The van der Waals surface area contributed by atoms with E-state index in [1.54, 1.807) is 24.4 Å². The molecule has 0 radical (unpaired) electrons. The van der Waals surface area contributed by atoms with Crippen molar-refractivity contribution < 1.29 is 9.22 Å². The van der Waals surface area contributed by atoms with Gasteiger partial charge in [-0.3, -0.25) is 9.55 Å². The number of aryl methyl sites for hydroxylation is 1. The van der Waals surface area contributed by atoms with Gasteiger partial charge in [-0.2, -0.15) is 0 Å². The Hall–Kier alpha value is -5.48. The van der Waals surface area contributed by atoms with Crippen molar-refractivity contribution in [3.8, 4) is 56.3 Å². The van der Waals surface area contributed by atoms with Crippen LogP contribution in [0.1, 0.15) is 88.7 Å². The number of para-hydroxylation sites is 2. The highest BCUT2D eigenvalue weighted by molar-refractivity contribution is 5.97. The van der Waals surface area contributed by atoms with Gasteiger partial charge in [0.1, 0.15) is 11.6 Å². The third kappa shape index (κ3) is 7.03. The molecule has 0 fully saturated rings. The zero-order chi connectivity index (χ0) is 40.4. The first-order valence-corrected chi connectivity index (χ1v) is 18.4. The van der Waals surface area contributed by atoms with E-state index in [0.29, 0.717) is 17.0 Å². The average molecular weight is 701 g/mol. The summed E-state index contributed by atoms with van der Waals surface area (Å²) in [6, 6.07) is 38.5. The number of phenols is 1. The smallest absolute Gasteiger partial charge is 0.149 e. The van der Waals surface area contributed by atoms with E-state index < -0.39 is 6.85 Å². The van der Waals surface area contributed by atoms with E-state index in [1.807, 2.05) is 36.4 Å². The minimum atomic E-state index is -2.20. The van der Waals surface area contributed by atoms with Gasteiger partial charge in [0.15, 0.2) is 0 Å². The maximum atomic E-state index is 12.1. The summed E-state index contributed by atoms with van der Waals surface area (Å²) in [6.07, 6.45) is 1.79. The van der Waals surface area contributed by atoms with Crippen molar-refractivity contribution in [3.63, 3.8) is 0 Å². The largest absolute Gasteiger partial charge is 0.507 e. The van der Waals surface area contributed by atoms with E-state index in [9.17, 15) is 5.11 Å². The highest BCUT2D eigenvalue weighted by Crippen LogP contribution is 2.45. The Balaban J connectivity index is 1.48. The fourth-order valence-electron chi connectivity index (χ4n) is 6.99. The van der Waals surface area contributed by atoms with Gasteiger partial charge in [0.05, 0.1) is 22.3 Å². The second kappa shape index (κ2) is 13.2. The van der Waals surface area contributed by atoms with Gasteiger partial charge in [0, 0.05) is 32.7 Å². The van der Waals surface area contributed by atoms with Crippen molar-refractivity contribution in [2.24, 2.45) is 0 Å². The fraction of sp³-hybridized carbons (Fsp3) is 0.265. The number of nitrogens with zero attached hydrogens (tertiary/aromatic N) is 3. The molecule has 53 heavy (non-hydrogen) atoms. The van der Waals surface area contributed by atoms with Crippen LogP contribution in [0.25, 0.3) is 61.6 Å². The number of imidazole rings is 1. The quantitative estimate of drug-likeness (QED) is 0.194. The van der Waals surface area contributed by atoms with Gasteiger partial charge in [-0.1, -0.05) is 135 Å². The molecule has 7 aromatic rings. The van der Waals surface area contributed by atoms with E-state index in [0.717, 1.165) is 66.9 Å². The first kappa shape index (κ1) is 32.2. The van der Waals surface area contributed by atoms with E-state index in [2.05, 4.69) is 128 Å². The maximum Gasteiger partial charge on any atom is 0.149 e. The summed E-state index contributed by atoms with van der Waals surface area (Å²) >= 11 is 0. The molecule has 0 spiro atoms. The van der Waals surface area contributed by atoms with E-state index in [1.165, 1.54) is 0 Å². The lowest BCUT2D eigenvalue weighted by molar-refractivity contribution is 0.446. The van der Waals surface area contributed by atoms with Gasteiger partial charge in [0.25, 0.3) is 0 Å². The predicted octanol–water partition coefficient (Wildman–Crippen LogP) is 13.0. The third-order valence-electron chi connectivity index (χ3n) is 10.1. The molecule has 0 aliphatic heterocycles. The second-order valence-electron chi connectivity index (χ2n) is 17.3. The van der Waals surface area contributed by atoms with Crippen molar-refractivity contribution in [2.45, 2.75) is 85.4 Å². The number of aromatic nitrogens is 3. The number of benzene rings is 5. The maximum absolute atomic E-state index is 12.1. The highest BCUT2D eigenvalue weighted by atomic mass is 16.3. The first-order chi connectivity index (χ1) is 26.2. The summed E-state index contributed by atoms with van der Waals surface area (Å²) in [6.45, 7) is 17.4. The summed E-state index contributed by atoms with van der Waals surface area (Å²) in [5.74, 6) is 0.917. The molecule has 0 unspecified atom stereocenters. The molecular weight excluding hydrogens is 647 g/mol. The Labute approximate surface area is 319 Å². The van der Waals surface area contributed by atoms with Crippen molar-refractivity contribution >= 4 is 11.0 Å².